The first-order chi connectivity index (χ1) is 6.83. The van der Waals surface area contributed by atoms with Crippen molar-refractivity contribution >= 4 is 28.7 Å². The molecule has 4 nitrogen and oxygen atoms in total. The maximum atomic E-state index is 4.93. The first-order valence-corrected chi connectivity index (χ1v) is 5.65. The molecular weight excluding hydrogens is 216 g/mol. The first-order valence-electron chi connectivity index (χ1n) is 4.36. The molecule has 0 aromatic carbocycles. The van der Waals surface area contributed by atoms with Crippen molar-refractivity contribution in [3.05, 3.63) is 16.6 Å². The molecule has 0 aliphatic heterocycles. The van der Waals surface area contributed by atoms with E-state index in [2.05, 4.69) is 20.9 Å². The maximum Gasteiger partial charge on any atom is 0.166 e. The second-order valence-corrected chi connectivity index (χ2v) is 4.03. The smallest absolute Gasteiger partial charge is 0.166 e. The Morgan fingerprint density at radius 3 is 3.07 bits per heavy atom. The molecule has 0 radical (unpaired) electrons. The van der Waals surface area contributed by atoms with Gasteiger partial charge < -0.3 is 16.0 Å². The summed E-state index contributed by atoms with van der Waals surface area (Å²) in [5.41, 5.74) is 1.84. The molecule has 0 saturated heterocycles. The normalized spacial score (nSPS) is 9.79. The van der Waals surface area contributed by atoms with E-state index in [1.165, 1.54) is 4.88 Å². The summed E-state index contributed by atoms with van der Waals surface area (Å²) >= 11 is 6.59. The van der Waals surface area contributed by atoms with E-state index in [1.54, 1.807) is 18.4 Å². The molecular formula is C8H14N4S2. The molecule has 0 aliphatic rings. The minimum absolute atomic E-state index is 0.685. The fraction of sp³-hybridized carbons (Fsp3) is 0.500. The highest BCUT2D eigenvalue weighted by molar-refractivity contribution is 7.80. The van der Waals surface area contributed by atoms with Crippen LogP contribution in [0.15, 0.2) is 11.7 Å². The van der Waals surface area contributed by atoms with Gasteiger partial charge in [-0.2, -0.15) is 0 Å². The van der Waals surface area contributed by atoms with Gasteiger partial charge in [0.1, 0.15) is 0 Å². The monoisotopic (exact) mass is 230 g/mol. The van der Waals surface area contributed by atoms with Crippen molar-refractivity contribution in [2.75, 3.05) is 20.1 Å². The van der Waals surface area contributed by atoms with Crippen molar-refractivity contribution in [2.24, 2.45) is 0 Å². The summed E-state index contributed by atoms with van der Waals surface area (Å²) in [5, 5.41) is 9.88. The lowest BCUT2D eigenvalue weighted by Gasteiger charge is -2.06. The van der Waals surface area contributed by atoms with Crippen molar-refractivity contribution in [3.8, 4) is 0 Å². The van der Waals surface area contributed by atoms with Gasteiger partial charge in [-0.25, -0.2) is 0 Å². The Bertz CT molecular complexity index is 260. The van der Waals surface area contributed by atoms with Crippen LogP contribution in [-0.2, 0) is 6.54 Å². The molecule has 1 rings (SSSR count). The lowest BCUT2D eigenvalue weighted by Crippen LogP contribution is -2.36. The van der Waals surface area contributed by atoms with Gasteiger partial charge in [-0.3, -0.25) is 4.98 Å². The third-order valence-corrected chi connectivity index (χ3v) is 2.73. The van der Waals surface area contributed by atoms with Crippen molar-refractivity contribution in [3.63, 3.8) is 0 Å². The van der Waals surface area contributed by atoms with Crippen molar-refractivity contribution in [1.29, 1.82) is 0 Å². The second kappa shape index (κ2) is 6.69. The molecule has 3 N–H and O–H groups in total. The van der Waals surface area contributed by atoms with Gasteiger partial charge in [-0.1, -0.05) is 0 Å². The van der Waals surface area contributed by atoms with E-state index in [1.807, 2.05) is 11.7 Å². The Kier molecular flexibility index (Phi) is 5.43. The Morgan fingerprint density at radius 2 is 2.43 bits per heavy atom. The number of aromatic nitrogens is 1. The van der Waals surface area contributed by atoms with Crippen LogP contribution in [0.2, 0.25) is 0 Å². The van der Waals surface area contributed by atoms with Crippen LogP contribution in [0.4, 0.5) is 0 Å². The number of thiocarbonyl (C=S) groups is 1. The molecule has 1 aromatic heterocycles. The number of hydrogen-bond acceptors (Lipinski definition) is 4. The molecule has 1 heterocycles. The fourth-order valence-corrected chi connectivity index (χ4v) is 1.56. The summed E-state index contributed by atoms with van der Waals surface area (Å²) in [6.07, 6.45) is 1.88. The quantitative estimate of drug-likeness (QED) is 0.503. The molecule has 14 heavy (non-hydrogen) atoms. The van der Waals surface area contributed by atoms with E-state index < -0.39 is 0 Å². The minimum Gasteiger partial charge on any atom is -0.366 e. The average Bonchev–Trinajstić information content (AvgIpc) is 2.69. The van der Waals surface area contributed by atoms with E-state index >= 15 is 0 Å². The lowest BCUT2D eigenvalue weighted by atomic mass is 10.5. The Hall–Kier alpha value is -0.720. The second-order valence-electron chi connectivity index (χ2n) is 2.65. The van der Waals surface area contributed by atoms with Gasteiger partial charge in [0.15, 0.2) is 5.11 Å². The number of hydrogen-bond donors (Lipinski definition) is 3. The lowest BCUT2D eigenvalue weighted by molar-refractivity contribution is 0.675. The van der Waals surface area contributed by atoms with Crippen LogP contribution in [0.25, 0.3) is 0 Å². The summed E-state index contributed by atoms with van der Waals surface area (Å²) in [6, 6.07) is 0. The molecule has 0 unspecified atom stereocenters. The third kappa shape index (κ3) is 4.50. The van der Waals surface area contributed by atoms with Gasteiger partial charge in [-0.05, 0) is 12.2 Å². The molecule has 0 atom stereocenters. The molecule has 0 amide bonds. The fourth-order valence-electron chi connectivity index (χ4n) is 0.894. The van der Waals surface area contributed by atoms with Gasteiger partial charge >= 0.3 is 0 Å². The van der Waals surface area contributed by atoms with E-state index in [0.717, 1.165) is 19.6 Å². The largest absolute Gasteiger partial charge is 0.366 e. The van der Waals surface area contributed by atoms with Crippen LogP contribution < -0.4 is 16.0 Å². The minimum atomic E-state index is 0.685. The Balaban J connectivity index is 1.97. The van der Waals surface area contributed by atoms with E-state index in [9.17, 15) is 0 Å². The maximum absolute atomic E-state index is 4.93. The summed E-state index contributed by atoms with van der Waals surface area (Å²) in [7, 11) is 1.81. The summed E-state index contributed by atoms with van der Waals surface area (Å²) in [5.74, 6) is 0. The summed E-state index contributed by atoms with van der Waals surface area (Å²) in [4.78, 5) is 5.25. The summed E-state index contributed by atoms with van der Waals surface area (Å²) < 4.78 is 0. The molecule has 0 saturated carbocycles. The molecule has 6 heteroatoms. The van der Waals surface area contributed by atoms with Gasteiger partial charge in [0.2, 0.25) is 0 Å². The predicted molar refractivity (Wildman–Crippen MR) is 63.5 cm³/mol. The highest BCUT2D eigenvalue weighted by atomic mass is 32.1. The Morgan fingerprint density at radius 1 is 1.57 bits per heavy atom. The van der Waals surface area contributed by atoms with Crippen LogP contribution in [0.1, 0.15) is 4.88 Å². The average molecular weight is 230 g/mol. The predicted octanol–water partition coefficient (Wildman–Crippen LogP) is 0.327. The van der Waals surface area contributed by atoms with Gasteiger partial charge in [0.05, 0.1) is 5.51 Å². The highest BCUT2D eigenvalue weighted by Gasteiger charge is 1.93. The number of rotatable bonds is 5. The van der Waals surface area contributed by atoms with Crippen molar-refractivity contribution < 1.29 is 0 Å². The zero-order valence-corrected chi connectivity index (χ0v) is 9.67. The molecule has 1 aromatic rings. The van der Waals surface area contributed by atoms with Crippen LogP contribution in [0, 0.1) is 0 Å². The van der Waals surface area contributed by atoms with E-state index in [0.29, 0.717) is 5.11 Å². The summed E-state index contributed by atoms with van der Waals surface area (Å²) in [6.45, 7) is 2.59. The van der Waals surface area contributed by atoms with E-state index in [-0.39, 0.29) is 0 Å². The zero-order chi connectivity index (χ0) is 10.2. The number of nitrogens with zero attached hydrogens (tertiary/aromatic N) is 1. The number of nitrogens with one attached hydrogen (secondary N) is 3. The van der Waals surface area contributed by atoms with Gasteiger partial charge in [0.25, 0.3) is 0 Å². The van der Waals surface area contributed by atoms with Crippen LogP contribution in [0.5, 0.6) is 0 Å². The van der Waals surface area contributed by atoms with Crippen molar-refractivity contribution in [1.82, 2.24) is 20.9 Å². The topological polar surface area (TPSA) is 49.0 Å². The van der Waals surface area contributed by atoms with Crippen molar-refractivity contribution in [2.45, 2.75) is 6.54 Å². The first kappa shape index (κ1) is 11.4. The van der Waals surface area contributed by atoms with E-state index in [4.69, 9.17) is 12.2 Å². The molecule has 0 spiro atoms. The standard InChI is InChI=1S/C8H14N4S2/c1-9-8(13)12-3-2-10-4-7-5-11-6-14-7/h5-6,10H,2-4H2,1H3,(H2,9,12,13). The molecule has 0 aliphatic carbocycles. The third-order valence-electron chi connectivity index (χ3n) is 1.60. The highest BCUT2D eigenvalue weighted by Crippen LogP contribution is 2.03. The van der Waals surface area contributed by atoms with Gasteiger partial charge in [0, 0.05) is 37.8 Å². The van der Waals surface area contributed by atoms with Crippen LogP contribution >= 0.6 is 23.6 Å². The van der Waals surface area contributed by atoms with Gasteiger partial charge in [-0.15, -0.1) is 11.3 Å². The van der Waals surface area contributed by atoms with Crippen LogP contribution in [-0.4, -0.2) is 30.2 Å². The van der Waals surface area contributed by atoms with Crippen LogP contribution in [0.3, 0.4) is 0 Å². The molecule has 0 fully saturated rings. The number of thiazole rings is 1. The zero-order valence-electron chi connectivity index (χ0n) is 8.04. The molecule has 78 valence electrons. The Labute approximate surface area is 93.1 Å². The SMILES string of the molecule is CNC(=S)NCCNCc1cncs1. The molecule has 0 bridgehead atoms.